The fourth-order valence-electron chi connectivity index (χ4n) is 4.08. The van der Waals surface area contributed by atoms with Gasteiger partial charge in [0.2, 0.25) is 15.9 Å². The van der Waals surface area contributed by atoms with Crippen molar-refractivity contribution in [3.8, 4) is 0 Å². The van der Waals surface area contributed by atoms with Gasteiger partial charge < -0.3 is 9.64 Å². The quantitative estimate of drug-likeness (QED) is 0.557. The molecule has 0 aromatic heterocycles. The number of alkyl halides is 3. The topological polar surface area (TPSA) is 66.9 Å². The Hall–Kier alpha value is -2.43. The van der Waals surface area contributed by atoms with E-state index in [2.05, 4.69) is 0 Å². The molecule has 6 nitrogen and oxygen atoms in total. The molecule has 2 aromatic carbocycles. The highest BCUT2D eigenvalue weighted by Gasteiger charge is 2.37. The van der Waals surface area contributed by atoms with Crippen molar-refractivity contribution >= 4 is 15.9 Å². The van der Waals surface area contributed by atoms with E-state index in [1.165, 1.54) is 28.6 Å². The third-order valence-corrected chi connectivity index (χ3v) is 8.04. The van der Waals surface area contributed by atoms with Crippen LogP contribution in [0.15, 0.2) is 53.4 Å². The zero-order valence-electron chi connectivity index (χ0n) is 18.6. The molecular weight excluding hydrogens is 469 g/mol. The Morgan fingerprint density at radius 3 is 2.29 bits per heavy atom. The van der Waals surface area contributed by atoms with E-state index in [-0.39, 0.29) is 35.4 Å². The summed E-state index contributed by atoms with van der Waals surface area (Å²) in [6.07, 6.45) is -2.39. The van der Waals surface area contributed by atoms with Crippen molar-refractivity contribution in [2.45, 2.75) is 49.3 Å². The lowest BCUT2D eigenvalue weighted by Gasteiger charge is -2.26. The van der Waals surface area contributed by atoms with Crippen LogP contribution in [0.25, 0.3) is 0 Å². The summed E-state index contributed by atoms with van der Waals surface area (Å²) in [7, 11) is -3.59. The van der Waals surface area contributed by atoms with Crippen LogP contribution in [0.1, 0.15) is 36.0 Å². The lowest BCUT2D eigenvalue weighted by molar-refractivity contribution is -0.140. The number of carbonyl (C=O) groups excluding carboxylic acids is 1. The van der Waals surface area contributed by atoms with Gasteiger partial charge in [0.15, 0.2) is 0 Å². The van der Waals surface area contributed by atoms with Crippen molar-refractivity contribution in [1.82, 2.24) is 9.21 Å². The molecule has 0 bridgehead atoms. The third kappa shape index (κ3) is 5.79. The molecule has 34 heavy (non-hydrogen) atoms. The Morgan fingerprint density at radius 1 is 1.03 bits per heavy atom. The average molecular weight is 497 g/mol. The van der Waals surface area contributed by atoms with Crippen LogP contribution in [-0.2, 0) is 38.7 Å². The second-order valence-electron chi connectivity index (χ2n) is 8.57. The first kappa shape index (κ1) is 24.7. The molecule has 10 heteroatoms. The molecular formula is C24H27F3N2O4S. The van der Waals surface area contributed by atoms with Crippen LogP contribution in [0.5, 0.6) is 0 Å². The molecule has 2 aliphatic rings. The number of hydrogen-bond acceptors (Lipinski definition) is 4. The van der Waals surface area contributed by atoms with E-state index < -0.39 is 21.8 Å². The van der Waals surface area contributed by atoms with E-state index in [1.807, 2.05) is 0 Å². The summed E-state index contributed by atoms with van der Waals surface area (Å²) >= 11 is 0. The molecule has 2 fully saturated rings. The zero-order chi connectivity index (χ0) is 24.3. The van der Waals surface area contributed by atoms with Gasteiger partial charge in [-0.05, 0) is 48.6 Å². The van der Waals surface area contributed by atoms with Crippen molar-refractivity contribution in [3.05, 3.63) is 65.2 Å². The van der Waals surface area contributed by atoms with Crippen molar-refractivity contribution < 1.29 is 31.1 Å². The van der Waals surface area contributed by atoms with Crippen LogP contribution in [0.2, 0.25) is 0 Å². The number of sulfonamides is 1. The van der Waals surface area contributed by atoms with Crippen LogP contribution < -0.4 is 0 Å². The largest absolute Gasteiger partial charge is 0.416 e. The van der Waals surface area contributed by atoms with E-state index in [1.54, 1.807) is 23.1 Å². The van der Waals surface area contributed by atoms with Crippen molar-refractivity contribution in [2.24, 2.45) is 0 Å². The molecule has 0 radical (unpaired) electrons. The second kappa shape index (κ2) is 10.1. The maximum Gasteiger partial charge on any atom is 0.416 e. The number of morpholine rings is 1. The van der Waals surface area contributed by atoms with Crippen molar-refractivity contribution in [3.63, 3.8) is 0 Å². The minimum absolute atomic E-state index is 0.0326. The van der Waals surface area contributed by atoms with Gasteiger partial charge >= 0.3 is 6.18 Å². The monoisotopic (exact) mass is 496 g/mol. The minimum atomic E-state index is -4.47. The molecule has 1 saturated heterocycles. The smallest absolute Gasteiger partial charge is 0.379 e. The third-order valence-electron chi connectivity index (χ3n) is 6.13. The van der Waals surface area contributed by atoms with Gasteiger partial charge in [0.1, 0.15) is 0 Å². The lowest BCUT2D eigenvalue weighted by atomic mass is 10.1. The molecule has 1 amide bonds. The highest BCUT2D eigenvalue weighted by molar-refractivity contribution is 7.89. The van der Waals surface area contributed by atoms with E-state index in [0.29, 0.717) is 32.7 Å². The number of amides is 1. The molecule has 4 rings (SSSR count). The van der Waals surface area contributed by atoms with Crippen LogP contribution in [0.3, 0.4) is 0 Å². The Labute approximate surface area is 197 Å². The first-order chi connectivity index (χ1) is 16.2. The molecule has 0 atom stereocenters. The van der Waals surface area contributed by atoms with Crippen molar-refractivity contribution in [1.29, 1.82) is 0 Å². The summed E-state index contributed by atoms with van der Waals surface area (Å²) in [4.78, 5) is 14.7. The Kier molecular flexibility index (Phi) is 7.30. The van der Waals surface area contributed by atoms with E-state index in [9.17, 15) is 26.4 Å². The summed E-state index contributed by atoms with van der Waals surface area (Å²) in [6, 6.07) is 11.7. The van der Waals surface area contributed by atoms with Gasteiger partial charge in [-0.2, -0.15) is 17.5 Å². The first-order valence-electron chi connectivity index (χ1n) is 11.3. The van der Waals surface area contributed by atoms with Gasteiger partial charge in [0, 0.05) is 32.1 Å². The van der Waals surface area contributed by atoms with Crippen LogP contribution >= 0.6 is 0 Å². The highest BCUT2D eigenvalue weighted by atomic mass is 32.2. The average Bonchev–Trinajstić information content (AvgIpc) is 3.67. The number of nitrogens with zero attached hydrogens (tertiary/aromatic N) is 2. The van der Waals surface area contributed by atoms with Gasteiger partial charge in [-0.15, -0.1) is 0 Å². The Bertz CT molecular complexity index is 1110. The number of aryl methyl sites for hydroxylation is 1. The lowest BCUT2D eigenvalue weighted by Crippen LogP contribution is -2.40. The van der Waals surface area contributed by atoms with E-state index >= 15 is 0 Å². The van der Waals surface area contributed by atoms with Gasteiger partial charge in [0.05, 0.1) is 23.7 Å². The van der Waals surface area contributed by atoms with Crippen LogP contribution in [0.4, 0.5) is 13.2 Å². The van der Waals surface area contributed by atoms with E-state index in [0.717, 1.165) is 24.5 Å². The molecule has 184 valence electrons. The number of ether oxygens (including phenoxy) is 1. The maximum atomic E-state index is 13.4. The first-order valence-corrected chi connectivity index (χ1v) is 12.7. The van der Waals surface area contributed by atoms with E-state index in [4.69, 9.17) is 4.74 Å². The molecule has 0 unspecified atom stereocenters. The zero-order valence-corrected chi connectivity index (χ0v) is 19.4. The van der Waals surface area contributed by atoms with Gasteiger partial charge in [-0.1, -0.05) is 30.3 Å². The van der Waals surface area contributed by atoms with Crippen molar-refractivity contribution in [2.75, 3.05) is 26.3 Å². The predicted octanol–water partition coefficient (Wildman–Crippen LogP) is 3.85. The SMILES string of the molecule is O=C(CCc1ccc(S(=O)(=O)N2CCOCC2)cc1)N(Cc1ccccc1C(F)(F)F)C1CC1. The molecule has 0 N–H and O–H groups in total. The van der Waals surface area contributed by atoms with Gasteiger partial charge in [-0.25, -0.2) is 8.42 Å². The number of carbonyl (C=O) groups is 1. The standard InChI is InChI=1S/C24H27F3N2O4S/c25-24(26,27)22-4-2-1-3-19(22)17-29(20-8-9-20)23(30)12-7-18-5-10-21(11-6-18)34(31,32)28-13-15-33-16-14-28/h1-6,10-11,20H,7-9,12-17H2. The normalized spacial score (nSPS) is 17.5. The fourth-order valence-corrected chi connectivity index (χ4v) is 5.49. The second-order valence-corrected chi connectivity index (χ2v) is 10.5. The van der Waals surface area contributed by atoms with Crippen LogP contribution in [0, 0.1) is 0 Å². The molecule has 0 spiro atoms. The summed E-state index contributed by atoms with van der Waals surface area (Å²) in [5, 5.41) is 0. The summed E-state index contributed by atoms with van der Waals surface area (Å²) in [6.45, 7) is 1.28. The maximum absolute atomic E-state index is 13.4. The fraction of sp³-hybridized carbons (Fsp3) is 0.458. The summed E-state index contributed by atoms with van der Waals surface area (Å²) in [5.41, 5.74) is 0.166. The molecule has 2 aromatic rings. The predicted molar refractivity (Wildman–Crippen MR) is 119 cm³/mol. The Balaban J connectivity index is 1.40. The minimum Gasteiger partial charge on any atom is -0.379 e. The van der Waals surface area contributed by atoms with Gasteiger partial charge in [0.25, 0.3) is 0 Å². The molecule has 1 aliphatic heterocycles. The highest BCUT2D eigenvalue weighted by Crippen LogP contribution is 2.35. The number of halogens is 3. The van der Waals surface area contributed by atoms with Crippen LogP contribution in [-0.4, -0.2) is 55.9 Å². The summed E-state index contributed by atoms with van der Waals surface area (Å²) < 4.78 is 72.2. The summed E-state index contributed by atoms with van der Waals surface area (Å²) in [5.74, 6) is -0.204. The number of rotatable bonds is 8. The number of hydrogen-bond donors (Lipinski definition) is 0. The Morgan fingerprint density at radius 2 is 1.68 bits per heavy atom. The number of benzene rings is 2. The molecule has 1 aliphatic carbocycles. The van der Waals surface area contributed by atoms with Gasteiger partial charge in [-0.3, -0.25) is 4.79 Å². The molecule has 1 heterocycles. The molecule has 1 saturated carbocycles.